The first-order chi connectivity index (χ1) is 7.03. The molecule has 1 heterocycles. The Hall–Kier alpha value is -0.790. The van der Waals surface area contributed by atoms with Gasteiger partial charge in [0.25, 0.3) is 0 Å². The lowest BCUT2D eigenvalue weighted by atomic mass is 10.2. The number of halogens is 3. The summed E-state index contributed by atoms with van der Waals surface area (Å²) in [4.78, 5) is 0. The van der Waals surface area contributed by atoms with E-state index in [-0.39, 0.29) is 6.61 Å². The SMILES string of the molecule is NNC(COCC(F)(F)F)C1=CCCO1. The van der Waals surface area contributed by atoms with Gasteiger partial charge in [0.2, 0.25) is 0 Å². The van der Waals surface area contributed by atoms with Crippen LogP contribution in [0.3, 0.4) is 0 Å². The molecule has 0 saturated carbocycles. The first-order valence-electron chi connectivity index (χ1n) is 4.46. The van der Waals surface area contributed by atoms with Crippen molar-refractivity contribution in [2.45, 2.75) is 18.6 Å². The Kier molecular flexibility index (Phi) is 4.37. The van der Waals surface area contributed by atoms with Gasteiger partial charge in [0, 0.05) is 6.42 Å². The van der Waals surface area contributed by atoms with E-state index in [1.807, 2.05) is 0 Å². The molecule has 88 valence electrons. The minimum Gasteiger partial charge on any atom is -0.496 e. The fourth-order valence-corrected chi connectivity index (χ4v) is 1.18. The third-order valence-corrected chi connectivity index (χ3v) is 1.83. The van der Waals surface area contributed by atoms with Gasteiger partial charge in [-0.3, -0.25) is 5.84 Å². The molecule has 0 aromatic rings. The van der Waals surface area contributed by atoms with Crippen LogP contribution in [0.1, 0.15) is 6.42 Å². The average molecular weight is 226 g/mol. The number of hydrogen-bond donors (Lipinski definition) is 2. The molecule has 1 aliphatic heterocycles. The van der Waals surface area contributed by atoms with Gasteiger partial charge in [0.1, 0.15) is 18.4 Å². The molecule has 0 bridgehead atoms. The second kappa shape index (κ2) is 5.34. The molecule has 0 saturated heterocycles. The van der Waals surface area contributed by atoms with E-state index in [9.17, 15) is 13.2 Å². The minimum absolute atomic E-state index is 0.165. The normalized spacial score (nSPS) is 18.5. The van der Waals surface area contributed by atoms with E-state index < -0.39 is 18.8 Å². The molecule has 0 radical (unpaired) electrons. The lowest BCUT2D eigenvalue weighted by Gasteiger charge is -2.17. The molecule has 1 rings (SSSR count). The van der Waals surface area contributed by atoms with Gasteiger partial charge in [0.05, 0.1) is 13.2 Å². The van der Waals surface area contributed by atoms with Crippen molar-refractivity contribution in [3.8, 4) is 0 Å². The van der Waals surface area contributed by atoms with Crippen LogP contribution in [0.4, 0.5) is 13.2 Å². The maximum absolute atomic E-state index is 11.8. The molecule has 0 fully saturated rings. The van der Waals surface area contributed by atoms with Crippen molar-refractivity contribution >= 4 is 0 Å². The molecule has 0 aromatic carbocycles. The number of alkyl halides is 3. The predicted octanol–water partition coefficient (Wildman–Crippen LogP) is 0.701. The number of hydrazine groups is 1. The van der Waals surface area contributed by atoms with E-state index >= 15 is 0 Å². The molecule has 1 atom stereocenters. The van der Waals surface area contributed by atoms with Crippen LogP contribution in [0.25, 0.3) is 0 Å². The number of hydrogen-bond acceptors (Lipinski definition) is 4. The van der Waals surface area contributed by atoms with E-state index in [1.54, 1.807) is 6.08 Å². The van der Waals surface area contributed by atoms with Gasteiger partial charge in [-0.1, -0.05) is 0 Å². The monoisotopic (exact) mass is 226 g/mol. The summed E-state index contributed by atoms with van der Waals surface area (Å²) < 4.78 is 44.9. The summed E-state index contributed by atoms with van der Waals surface area (Å²) >= 11 is 0. The fourth-order valence-electron chi connectivity index (χ4n) is 1.18. The highest BCUT2D eigenvalue weighted by atomic mass is 19.4. The lowest BCUT2D eigenvalue weighted by Crippen LogP contribution is -2.41. The van der Waals surface area contributed by atoms with E-state index in [1.165, 1.54) is 0 Å². The Morgan fingerprint density at radius 1 is 1.60 bits per heavy atom. The van der Waals surface area contributed by atoms with Crippen LogP contribution in [0, 0.1) is 0 Å². The van der Waals surface area contributed by atoms with Crippen molar-refractivity contribution in [3.05, 3.63) is 11.8 Å². The highest BCUT2D eigenvalue weighted by Gasteiger charge is 2.28. The van der Waals surface area contributed by atoms with Gasteiger partial charge in [-0.25, -0.2) is 5.43 Å². The van der Waals surface area contributed by atoms with Crippen molar-refractivity contribution in [1.82, 2.24) is 5.43 Å². The van der Waals surface area contributed by atoms with Crippen molar-refractivity contribution in [2.75, 3.05) is 19.8 Å². The van der Waals surface area contributed by atoms with Crippen molar-refractivity contribution in [2.24, 2.45) is 5.84 Å². The number of rotatable bonds is 5. The second-order valence-corrected chi connectivity index (χ2v) is 3.09. The molecule has 0 aromatic heterocycles. The van der Waals surface area contributed by atoms with E-state index in [2.05, 4.69) is 10.2 Å². The molecule has 7 heteroatoms. The summed E-state index contributed by atoms with van der Waals surface area (Å²) in [5.74, 6) is 5.71. The molecule has 0 amide bonds. The highest BCUT2D eigenvalue weighted by molar-refractivity contribution is 5.06. The first kappa shape index (κ1) is 12.3. The molecule has 0 spiro atoms. The maximum atomic E-state index is 11.8. The van der Waals surface area contributed by atoms with Gasteiger partial charge < -0.3 is 9.47 Å². The van der Waals surface area contributed by atoms with Crippen LogP contribution in [-0.2, 0) is 9.47 Å². The molecule has 0 aliphatic carbocycles. The largest absolute Gasteiger partial charge is 0.496 e. The smallest absolute Gasteiger partial charge is 0.411 e. The Bertz CT molecular complexity index is 230. The van der Waals surface area contributed by atoms with Crippen molar-refractivity contribution in [1.29, 1.82) is 0 Å². The molecular weight excluding hydrogens is 213 g/mol. The lowest BCUT2D eigenvalue weighted by molar-refractivity contribution is -0.175. The minimum atomic E-state index is -4.32. The zero-order chi connectivity index (χ0) is 11.3. The molecule has 1 unspecified atom stereocenters. The van der Waals surface area contributed by atoms with Gasteiger partial charge >= 0.3 is 6.18 Å². The summed E-state index contributed by atoms with van der Waals surface area (Å²) in [6, 6.07) is -0.519. The molecular formula is C8H13F3N2O2. The maximum Gasteiger partial charge on any atom is 0.411 e. The summed E-state index contributed by atoms with van der Waals surface area (Å²) in [7, 11) is 0. The number of nitrogens with one attached hydrogen (secondary N) is 1. The van der Waals surface area contributed by atoms with E-state index in [0.717, 1.165) is 6.42 Å². The summed E-state index contributed by atoms with van der Waals surface area (Å²) in [6.45, 7) is -0.910. The molecule has 3 N–H and O–H groups in total. The standard InChI is InChI=1S/C8H13F3N2O2/c9-8(10,11)5-14-4-6(13-12)7-2-1-3-15-7/h2,6,13H,1,3-5,12H2. The Morgan fingerprint density at radius 3 is 2.80 bits per heavy atom. The third-order valence-electron chi connectivity index (χ3n) is 1.83. The summed E-state index contributed by atoms with van der Waals surface area (Å²) in [5, 5.41) is 0. The Morgan fingerprint density at radius 2 is 2.33 bits per heavy atom. The van der Waals surface area contributed by atoms with Crippen molar-refractivity contribution < 1.29 is 22.6 Å². The average Bonchev–Trinajstić information content (AvgIpc) is 2.63. The van der Waals surface area contributed by atoms with E-state index in [0.29, 0.717) is 12.4 Å². The molecule has 1 aliphatic rings. The van der Waals surface area contributed by atoms with Crippen molar-refractivity contribution in [3.63, 3.8) is 0 Å². The van der Waals surface area contributed by atoms with Crippen LogP contribution in [0.2, 0.25) is 0 Å². The highest BCUT2D eigenvalue weighted by Crippen LogP contribution is 2.16. The fraction of sp³-hybridized carbons (Fsp3) is 0.750. The van der Waals surface area contributed by atoms with Gasteiger partial charge in [-0.15, -0.1) is 0 Å². The van der Waals surface area contributed by atoms with Crippen LogP contribution < -0.4 is 11.3 Å². The third kappa shape index (κ3) is 4.50. The number of ether oxygens (including phenoxy) is 2. The first-order valence-corrected chi connectivity index (χ1v) is 4.46. The van der Waals surface area contributed by atoms with Crippen LogP contribution in [0.15, 0.2) is 11.8 Å². The van der Waals surface area contributed by atoms with Crippen LogP contribution in [-0.4, -0.2) is 32.0 Å². The zero-order valence-electron chi connectivity index (χ0n) is 8.01. The van der Waals surface area contributed by atoms with Gasteiger partial charge in [0.15, 0.2) is 0 Å². The Balaban J connectivity index is 2.28. The summed E-state index contributed by atoms with van der Waals surface area (Å²) in [6.07, 6.45) is -1.79. The van der Waals surface area contributed by atoms with Gasteiger partial charge in [-0.05, 0) is 6.08 Å². The molecule has 15 heavy (non-hydrogen) atoms. The zero-order valence-corrected chi connectivity index (χ0v) is 8.01. The molecule has 4 nitrogen and oxygen atoms in total. The van der Waals surface area contributed by atoms with Crippen LogP contribution >= 0.6 is 0 Å². The number of nitrogens with two attached hydrogens (primary N) is 1. The summed E-state index contributed by atoms with van der Waals surface area (Å²) in [5.41, 5.74) is 2.34. The van der Waals surface area contributed by atoms with E-state index in [4.69, 9.17) is 10.6 Å². The quantitative estimate of drug-likeness (QED) is 0.535. The topological polar surface area (TPSA) is 56.5 Å². The predicted molar refractivity (Wildman–Crippen MR) is 46.6 cm³/mol. The Labute approximate surface area is 85.2 Å². The van der Waals surface area contributed by atoms with Gasteiger partial charge in [-0.2, -0.15) is 13.2 Å². The van der Waals surface area contributed by atoms with Crippen LogP contribution in [0.5, 0.6) is 0 Å². The second-order valence-electron chi connectivity index (χ2n) is 3.09.